The number of nitrogens with one attached hydrogen (secondary N) is 2. The number of piperazine rings is 1. The van der Waals surface area contributed by atoms with Gasteiger partial charge in [0, 0.05) is 16.5 Å². The van der Waals surface area contributed by atoms with Crippen LogP contribution in [0.25, 0.3) is 10.9 Å². The summed E-state index contributed by atoms with van der Waals surface area (Å²) in [5.41, 5.74) is 3.79. The number of benzene rings is 3. The summed E-state index contributed by atoms with van der Waals surface area (Å²) >= 11 is 0. The number of carbonyl (C=O) groups is 1. The fourth-order valence-electron chi connectivity index (χ4n) is 4.55. The summed E-state index contributed by atoms with van der Waals surface area (Å²) in [6.07, 6.45) is 0. The number of rotatable bonds is 6. The number of ether oxygens (including phenoxy) is 1. The lowest BCUT2D eigenvalue weighted by Gasteiger charge is -2.34. The van der Waals surface area contributed by atoms with E-state index in [0.29, 0.717) is 10.9 Å². The molecule has 1 saturated heterocycles. The van der Waals surface area contributed by atoms with Crippen molar-refractivity contribution < 1.29 is 19.5 Å². The number of H-pyrrole nitrogens is 1. The molecule has 0 bridgehead atoms. The Bertz CT molecular complexity index is 1360. The number of aromatic amines is 1. The lowest BCUT2D eigenvalue weighted by Crippen LogP contribution is -3.13. The number of hydrogen-bond donors (Lipinski definition) is 3. The van der Waals surface area contributed by atoms with E-state index < -0.39 is 5.91 Å². The van der Waals surface area contributed by atoms with Gasteiger partial charge in [-0.1, -0.05) is 42.5 Å². The zero-order chi connectivity index (χ0) is 24.2. The Morgan fingerprint density at radius 1 is 1.03 bits per heavy atom. The summed E-state index contributed by atoms with van der Waals surface area (Å²) in [5.74, 6) is 0.360. The first kappa shape index (κ1) is 22.6. The summed E-state index contributed by atoms with van der Waals surface area (Å²) in [6, 6.07) is 23.0. The minimum absolute atomic E-state index is 0.105. The number of hydrogen-bond acceptors (Lipinski definition) is 5. The smallest absolute Gasteiger partial charge is 0.295 e. The van der Waals surface area contributed by atoms with Gasteiger partial charge in [0.1, 0.15) is 12.3 Å². The lowest BCUT2D eigenvalue weighted by atomic mass is 10.1. The van der Waals surface area contributed by atoms with Gasteiger partial charge in [0.05, 0.1) is 44.5 Å². The van der Waals surface area contributed by atoms with Crippen LogP contribution in [-0.4, -0.2) is 49.3 Å². The van der Waals surface area contributed by atoms with Gasteiger partial charge in [-0.05, 0) is 30.3 Å². The van der Waals surface area contributed by atoms with Gasteiger partial charge in [0.15, 0.2) is 5.69 Å². The normalized spacial score (nSPS) is 14.6. The van der Waals surface area contributed by atoms with Crippen molar-refractivity contribution in [2.45, 2.75) is 6.54 Å². The van der Waals surface area contributed by atoms with Crippen LogP contribution in [-0.2, 0) is 6.54 Å². The zero-order valence-corrected chi connectivity index (χ0v) is 19.6. The number of carbonyl (C=O) groups excluding carboxylic acids is 1. The fraction of sp³-hybridized carbons (Fsp3) is 0.222. The Balaban J connectivity index is 1.18. The predicted molar refractivity (Wildman–Crippen MR) is 135 cm³/mol. The molecule has 8 nitrogen and oxygen atoms in total. The number of fused-ring (bicyclic) bond motifs is 1. The van der Waals surface area contributed by atoms with Crippen LogP contribution in [0.3, 0.4) is 0 Å². The molecule has 1 aliphatic rings. The van der Waals surface area contributed by atoms with Gasteiger partial charge in [-0.2, -0.15) is 0 Å². The van der Waals surface area contributed by atoms with Crippen molar-refractivity contribution in [1.29, 1.82) is 0 Å². The number of methoxy groups -OCH3 is 1. The summed E-state index contributed by atoms with van der Waals surface area (Å²) in [7, 11) is 1.71. The number of quaternary nitrogens is 1. The van der Waals surface area contributed by atoms with E-state index in [9.17, 15) is 9.90 Å². The molecule has 178 valence electrons. The van der Waals surface area contributed by atoms with Crippen LogP contribution in [0.2, 0.25) is 0 Å². The molecule has 0 aliphatic carbocycles. The first-order valence-corrected chi connectivity index (χ1v) is 11.7. The van der Waals surface area contributed by atoms with Crippen LogP contribution in [0.5, 0.6) is 11.6 Å². The number of azo groups is 1. The molecule has 1 amide bonds. The zero-order valence-electron chi connectivity index (χ0n) is 19.6. The van der Waals surface area contributed by atoms with E-state index in [4.69, 9.17) is 4.74 Å². The van der Waals surface area contributed by atoms with Crippen molar-refractivity contribution in [3.63, 3.8) is 0 Å². The lowest BCUT2D eigenvalue weighted by molar-refractivity contribution is -0.914. The van der Waals surface area contributed by atoms with Gasteiger partial charge in [-0.15, -0.1) is 10.2 Å². The summed E-state index contributed by atoms with van der Waals surface area (Å²) in [6.45, 7) is 4.89. The molecular weight excluding hydrogens is 442 g/mol. The van der Waals surface area contributed by atoms with Gasteiger partial charge in [-0.3, -0.25) is 4.79 Å². The minimum Gasteiger partial charge on any atom is -0.495 e. The van der Waals surface area contributed by atoms with E-state index in [-0.39, 0.29) is 11.6 Å². The Kier molecular flexibility index (Phi) is 6.45. The fourth-order valence-corrected chi connectivity index (χ4v) is 4.55. The van der Waals surface area contributed by atoms with E-state index in [1.165, 1.54) is 10.5 Å². The average molecular weight is 471 g/mol. The van der Waals surface area contributed by atoms with Crippen LogP contribution < -0.4 is 14.5 Å². The number of amides is 1. The SMILES string of the molecule is COc1ccccc1N1CC[NH+](Cc2ccc(C(=O)N=Nc3c(O)[nH]c4ccccc34)cc2)CC1. The van der Waals surface area contributed by atoms with Crippen molar-refractivity contribution in [3.05, 3.63) is 83.9 Å². The van der Waals surface area contributed by atoms with Crippen LogP contribution in [0.1, 0.15) is 15.9 Å². The van der Waals surface area contributed by atoms with Crippen molar-refractivity contribution in [3.8, 4) is 11.6 Å². The maximum atomic E-state index is 12.5. The number of para-hydroxylation sites is 3. The third-order valence-electron chi connectivity index (χ3n) is 6.45. The topological polar surface area (TPSA) is 94.7 Å². The maximum absolute atomic E-state index is 12.5. The first-order chi connectivity index (χ1) is 17.1. The number of aromatic nitrogens is 1. The van der Waals surface area contributed by atoms with Crippen molar-refractivity contribution in [1.82, 2.24) is 4.98 Å². The first-order valence-electron chi connectivity index (χ1n) is 11.7. The molecule has 4 aromatic rings. The third kappa shape index (κ3) is 4.88. The molecule has 0 saturated carbocycles. The number of aromatic hydroxyl groups is 1. The molecular formula is C27H28N5O3+. The maximum Gasteiger partial charge on any atom is 0.295 e. The van der Waals surface area contributed by atoms with Crippen molar-refractivity contribution >= 4 is 28.2 Å². The second-order valence-corrected chi connectivity index (χ2v) is 8.66. The summed E-state index contributed by atoms with van der Waals surface area (Å²) in [4.78, 5) is 19.3. The molecule has 0 atom stereocenters. The molecule has 3 aromatic carbocycles. The Morgan fingerprint density at radius 2 is 1.74 bits per heavy atom. The van der Waals surface area contributed by atoms with Gasteiger partial charge in [0.25, 0.3) is 5.91 Å². The Morgan fingerprint density at radius 3 is 2.51 bits per heavy atom. The molecule has 35 heavy (non-hydrogen) atoms. The minimum atomic E-state index is -0.445. The molecule has 3 N–H and O–H groups in total. The second kappa shape index (κ2) is 9.99. The molecule has 0 spiro atoms. The molecule has 1 fully saturated rings. The van der Waals surface area contributed by atoms with E-state index >= 15 is 0 Å². The van der Waals surface area contributed by atoms with Crippen molar-refractivity contribution in [2.24, 2.45) is 10.2 Å². The molecule has 0 unspecified atom stereocenters. The number of anilines is 1. The largest absolute Gasteiger partial charge is 0.495 e. The third-order valence-corrected chi connectivity index (χ3v) is 6.45. The van der Waals surface area contributed by atoms with E-state index in [2.05, 4.69) is 26.2 Å². The van der Waals surface area contributed by atoms with Crippen LogP contribution in [0.15, 0.2) is 83.0 Å². The number of nitrogens with zero attached hydrogens (tertiary/aromatic N) is 3. The highest BCUT2D eigenvalue weighted by atomic mass is 16.5. The predicted octanol–water partition coefficient (Wildman–Crippen LogP) is 3.71. The monoisotopic (exact) mass is 470 g/mol. The van der Waals surface area contributed by atoms with Gasteiger partial charge >= 0.3 is 0 Å². The van der Waals surface area contributed by atoms with Gasteiger partial charge in [0.2, 0.25) is 5.88 Å². The molecule has 1 aromatic heterocycles. The Hall–Kier alpha value is -4.17. The highest BCUT2D eigenvalue weighted by Gasteiger charge is 2.22. The summed E-state index contributed by atoms with van der Waals surface area (Å²) in [5, 5.41) is 18.6. The van der Waals surface area contributed by atoms with Gasteiger partial charge in [-0.25, -0.2) is 0 Å². The Labute approximate surface area is 203 Å². The molecule has 8 heteroatoms. The quantitative estimate of drug-likeness (QED) is 0.375. The molecule has 5 rings (SSSR count). The summed E-state index contributed by atoms with van der Waals surface area (Å²) < 4.78 is 5.51. The van der Waals surface area contributed by atoms with Crippen LogP contribution >= 0.6 is 0 Å². The van der Waals surface area contributed by atoms with E-state index in [0.717, 1.165) is 49.7 Å². The standard InChI is InChI=1S/C27H27N5O3/c1-35-24-9-5-4-8-23(24)32-16-14-31(15-17-32)18-19-10-12-20(13-11-19)26(33)30-29-25-21-6-2-3-7-22(21)28-27(25)34/h2-13,28,34H,14-18H2,1H3/p+1. The van der Waals surface area contributed by atoms with E-state index in [1.54, 1.807) is 19.2 Å². The van der Waals surface area contributed by atoms with Crippen LogP contribution in [0.4, 0.5) is 11.4 Å². The van der Waals surface area contributed by atoms with Crippen LogP contribution in [0, 0.1) is 0 Å². The second-order valence-electron chi connectivity index (χ2n) is 8.66. The molecule has 0 radical (unpaired) electrons. The van der Waals surface area contributed by atoms with Gasteiger partial charge < -0.3 is 24.6 Å². The molecule has 2 heterocycles. The molecule has 1 aliphatic heterocycles. The average Bonchev–Trinajstić information content (AvgIpc) is 3.23. The highest BCUT2D eigenvalue weighted by molar-refractivity contribution is 5.96. The van der Waals surface area contributed by atoms with E-state index in [1.807, 2.05) is 54.6 Å². The van der Waals surface area contributed by atoms with Crippen molar-refractivity contribution in [2.75, 3.05) is 38.2 Å². The highest BCUT2D eigenvalue weighted by Crippen LogP contribution is 2.35.